The molecule has 2 amide bonds. The Kier molecular flexibility index (Phi) is 16.2. The van der Waals surface area contributed by atoms with Crippen LogP contribution in [0, 0.1) is 0 Å². The van der Waals surface area contributed by atoms with E-state index in [1.807, 2.05) is 65.8 Å². The Morgan fingerprint density at radius 2 is 0.906 bits per heavy atom. The van der Waals surface area contributed by atoms with E-state index in [0.717, 1.165) is 109 Å². The number of rotatable bonds is 8. The Labute approximate surface area is 395 Å². The minimum atomic E-state index is -0.458. The molecule has 4 atom stereocenters. The van der Waals surface area contributed by atoms with Crippen LogP contribution < -0.4 is 0 Å². The number of amides is 2. The molecule has 2 aliphatic heterocycles. The Balaban J connectivity index is 0.000000191. The summed E-state index contributed by atoms with van der Waals surface area (Å²) in [6, 6.07) is 8.59. The molecule has 2 saturated heterocycles. The molecule has 0 N–H and O–H groups in total. The van der Waals surface area contributed by atoms with E-state index in [1.165, 1.54) is 0 Å². The third kappa shape index (κ3) is 13.6. The Bertz CT molecular complexity index is 1960. The van der Waals surface area contributed by atoms with Crippen molar-refractivity contribution >= 4 is 44.0 Å². The summed E-state index contributed by atoms with van der Waals surface area (Å²) in [5.41, 5.74) is 3.10. The molecule has 2 saturated carbocycles. The standard InChI is InChI=1S/2C24H33BrN4O3/c2*1-24(2,3)32-23(30)28-13-9-19(10-14-28)31-20-6-4-5-18(15-20)29-16-21(25)22(27-29)17-7-11-26-12-8-17/h2*7-8,11-12,16,18-20H,4-6,9-10,13-15H2,1-3H3/t18-,20+;18-,20-/m11/s1. The fourth-order valence-electron chi connectivity index (χ4n) is 9.04. The monoisotopic (exact) mass is 1010 g/mol. The van der Waals surface area contributed by atoms with E-state index >= 15 is 0 Å². The van der Waals surface area contributed by atoms with E-state index in [4.69, 9.17) is 29.1 Å². The van der Waals surface area contributed by atoms with E-state index < -0.39 is 11.2 Å². The van der Waals surface area contributed by atoms with Crippen molar-refractivity contribution in [1.29, 1.82) is 0 Å². The summed E-state index contributed by atoms with van der Waals surface area (Å²) in [5, 5.41) is 9.74. The van der Waals surface area contributed by atoms with Crippen molar-refractivity contribution in [3.63, 3.8) is 0 Å². The summed E-state index contributed by atoms with van der Waals surface area (Å²) in [4.78, 5) is 36.4. The molecule has 4 aromatic rings. The van der Waals surface area contributed by atoms with Crippen molar-refractivity contribution in [2.24, 2.45) is 0 Å². The lowest BCUT2D eigenvalue weighted by molar-refractivity contribution is -0.0652. The van der Waals surface area contributed by atoms with Gasteiger partial charge in [0.05, 0.1) is 45.4 Å². The zero-order valence-corrected chi connectivity index (χ0v) is 41.5. The van der Waals surface area contributed by atoms with Crippen LogP contribution in [-0.4, -0.2) is 113 Å². The number of pyridine rings is 2. The number of carbonyl (C=O) groups excluding carboxylic acids is 2. The molecule has 4 aliphatic rings. The van der Waals surface area contributed by atoms with Crippen molar-refractivity contribution in [2.75, 3.05) is 26.2 Å². The molecule has 8 rings (SSSR count). The fourth-order valence-corrected chi connectivity index (χ4v) is 10.1. The van der Waals surface area contributed by atoms with Crippen molar-refractivity contribution < 1.29 is 28.5 Å². The molecule has 2 aliphatic carbocycles. The number of nitrogens with zero attached hydrogens (tertiary/aromatic N) is 8. The number of hydrogen-bond acceptors (Lipinski definition) is 10. The molecule has 0 spiro atoms. The SMILES string of the molecule is CC(C)(C)OC(=O)N1CCC(O[C@@H]2CCC[C@@H](n3cc(Br)c(-c4ccncc4)n3)C2)CC1.CC(C)(C)OC(=O)N1CCC(O[C@H]2CCC[C@@H](n3cc(Br)c(-c4ccncc4)n3)C2)CC1. The topological polar surface area (TPSA) is 139 Å². The van der Waals surface area contributed by atoms with E-state index in [1.54, 1.807) is 34.6 Å². The van der Waals surface area contributed by atoms with Crippen LogP contribution in [0.4, 0.5) is 9.59 Å². The summed E-state index contributed by atoms with van der Waals surface area (Å²) in [7, 11) is 0. The van der Waals surface area contributed by atoms with E-state index in [0.29, 0.717) is 38.3 Å². The zero-order valence-electron chi connectivity index (χ0n) is 38.3. The molecule has 348 valence electrons. The van der Waals surface area contributed by atoms with Gasteiger partial charge >= 0.3 is 12.2 Å². The molecule has 6 heterocycles. The molecule has 16 heteroatoms. The van der Waals surface area contributed by atoms with Gasteiger partial charge in [-0.1, -0.05) is 0 Å². The van der Waals surface area contributed by atoms with Gasteiger partial charge in [-0.25, -0.2) is 9.59 Å². The lowest BCUT2D eigenvalue weighted by Crippen LogP contribution is -2.44. The normalized spacial score (nSPS) is 22.7. The third-order valence-corrected chi connectivity index (χ3v) is 13.3. The molecular weight excluding hydrogens is 944 g/mol. The molecule has 0 unspecified atom stereocenters. The predicted molar refractivity (Wildman–Crippen MR) is 253 cm³/mol. The van der Waals surface area contributed by atoms with Gasteiger partial charge in [-0.15, -0.1) is 0 Å². The maximum atomic E-state index is 12.3. The first-order chi connectivity index (χ1) is 30.6. The van der Waals surface area contributed by atoms with E-state index in [2.05, 4.69) is 63.6 Å². The highest BCUT2D eigenvalue weighted by molar-refractivity contribution is 9.11. The van der Waals surface area contributed by atoms with Crippen LogP contribution >= 0.6 is 31.9 Å². The average Bonchev–Trinajstić information content (AvgIpc) is 3.86. The van der Waals surface area contributed by atoms with Gasteiger partial charge in [0, 0.05) is 74.5 Å². The second-order valence-electron chi connectivity index (χ2n) is 19.6. The zero-order chi connectivity index (χ0) is 45.4. The molecule has 0 aromatic carbocycles. The van der Waals surface area contributed by atoms with Crippen LogP contribution in [0.1, 0.15) is 131 Å². The highest BCUT2D eigenvalue weighted by atomic mass is 79.9. The van der Waals surface area contributed by atoms with E-state index in [9.17, 15) is 9.59 Å². The van der Waals surface area contributed by atoms with Crippen molar-refractivity contribution in [1.82, 2.24) is 39.3 Å². The van der Waals surface area contributed by atoms with Crippen LogP contribution in [0.3, 0.4) is 0 Å². The summed E-state index contributed by atoms with van der Waals surface area (Å²) in [5.74, 6) is 0. The van der Waals surface area contributed by atoms with Gasteiger partial charge in [-0.2, -0.15) is 10.2 Å². The fraction of sp³-hybridized carbons (Fsp3) is 0.625. The van der Waals surface area contributed by atoms with Gasteiger partial charge in [0.25, 0.3) is 0 Å². The first-order valence-electron chi connectivity index (χ1n) is 23.1. The first kappa shape index (κ1) is 48.1. The predicted octanol–water partition coefficient (Wildman–Crippen LogP) is 11.2. The number of likely N-dealkylation sites (tertiary alicyclic amines) is 2. The Morgan fingerprint density at radius 3 is 1.25 bits per heavy atom. The molecule has 0 radical (unpaired) electrons. The minimum Gasteiger partial charge on any atom is -0.444 e. The second-order valence-corrected chi connectivity index (χ2v) is 21.3. The number of piperidine rings is 2. The van der Waals surface area contributed by atoms with Gasteiger partial charge in [-0.05, 0) is 175 Å². The molecule has 4 aromatic heterocycles. The molecule has 64 heavy (non-hydrogen) atoms. The van der Waals surface area contributed by atoms with E-state index in [-0.39, 0.29) is 36.6 Å². The van der Waals surface area contributed by atoms with Crippen molar-refractivity contribution in [2.45, 2.75) is 166 Å². The highest BCUT2D eigenvalue weighted by Crippen LogP contribution is 2.37. The van der Waals surface area contributed by atoms with Crippen LogP contribution in [0.2, 0.25) is 0 Å². The van der Waals surface area contributed by atoms with Crippen LogP contribution in [0.15, 0.2) is 70.4 Å². The highest BCUT2D eigenvalue weighted by Gasteiger charge is 2.33. The quantitative estimate of drug-likeness (QED) is 0.168. The Morgan fingerprint density at radius 1 is 0.547 bits per heavy atom. The molecular formula is C48H66Br2N8O6. The number of aromatic nitrogens is 6. The summed E-state index contributed by atoms with van der Waals surface area (Å²) < 4.78 is 30.2. The maximum absolute atomic E-state index is 12.3. The van der Waals surface area contributed by atoms with Crippen LogP contribution in [0.25, 0.3) is 22.5 Å². The average molecular weight is 1010 g/mol. The maximum Gasteiger partial charge on any atom is 0.410 e. The number of hydrogen-bond donors (Lipinski definition) is 0. The number of halogens is 2. The Hall–Kier alpha value is -3.86. The van der Waals surface area contributed by atoms with Gasteiger partial charge < -0.3 is 28.7 Å². The minimum absolute atomic E-state index is 0.203. The molecule has 4 fully saturated rings. The van der Waals surface area contributed by atoms with Gasteiger partial charge in [-0.3, -0.25) is 19.3 Å². The van der Waals surface area contributed by atoms with Gasteiger partial charge in [0.15, 0.2) is 0 Å². The largest absolute Gasteiger partial charge is 0.444 e. The first-order valence-corrected chi connectivity index (χ1v) is 24.7. The lowest BCUT2D eigenvalue weighted by atomic mass is 9.92. The lowest BCUT2D eigenvalue weighted by Gasteiger charge is -2.37. The van der Waals surface area contributed by atoms with Crippen LogP contribution in [-0.2, 0) is 18.9 Å². The molecule has 14 nitrogen and oxygen atoms in total. The van der Waals surface area contributed by atoms with Crippen molar-refractivity contribution in [3.8, 4) is 22.5 Å². The van der Waals surface area contributed by atoms with Crippen molar-refractivity contribution in [3.05, 3.63) is 70.4 Å². The number of carbonyl (C=O) groups is 2. The summed E-state index contributed by atoms with van der Waals surface area (Å²) in [6.45, 7) is 14.2. The van der Waals surface area contributed by atoms with Gasteiger partial charge in [0.2, 0.25) is 0 Å². The summed E-state index contributed by atoms with van der Waals surface area (Å²) in [6.07, 6.45) is 23.8. The van der Waals surface area contributed by atoms with Crippen LogP contribution in [0.5, 0.6) is 0 Å². The number of ether oxygens (including phenoxy) is 4. The third-order valence-electron chi connectivity index (χ3n) is 12.2. The van der Waals surface area contributed by atoms with Gasteiger partial charge in [0.1, 0.15) is 22.6 Å². The smallest absolute Gasteiger partial charge is 0.410 e. The second kappa shape index (κ2) is 21.6. The molecule has 0 bridgehead atoms. The summed E-state index contributed by atoms with van der Waals surface area (Å²) >= 11 is 7.35.